The summed E-state index contributed by atoms with van der Waals surface area (Å²) in [6.07, 6.45) is 0. The lowest BCUT2D eigenvalue weighted by molar-refractivity contribution is -0.122. The van der Waals surface area contributed by atoms with Crippen molar-refractivity contribution in [3.8, 4) is 0 Å². The molecule has 1 heterocycles. The molecule has 2 aromatic carbocycles. The number of nitrogens with one attached hydrogen (secondary N) is 1. The number of aryl methyl sites for hydroxylation is 1. The summed E-state index contributed by atoms with van der Waals surface area (Å²) in [5.41, 5.74) is 3.14. The second kappa shape index (κ2) is 10.8. The second-order valence-electron chi connectivity index (χ2n) is 7.70. The highest BCUT2D eigenvalue weighted by Gasteiger charge is 2.23. The van der Waals surface area contributed by atoms with Gasteiger partial charge in [-0.1, -0.05) is 30.3 Å². The van der Waals surface area contributed by atoms with Crippen molar-refractivity contribution in [1.29, 1.82) is 0 Å². The number of carbonyl (C=O) groups is 2. The average molecular weight is 409 g/mol. The SMILES string of the molecule is CCN(CCNC(=O)CN1CCN(C(=O)c2ccccc2)CC1)c1cccc(C)c1. The van der Waals surface area contributed by atoms with E-state index in [1.807, 2.05) is 35.2 Å². The maximum atomic E-state index is 12.5. The molecule has 0 spiro atoms. The van der Waals surface area contributed by atoms with Crippen LogP contribution in [-0.4, -0.2) is 74.0 Å². The molecule has 0 bridgehead atoms. The Bertz CT molecular complexity index is 832. The molecule has 1 fully saturated rings. The highest BCUT2D eigenvalue weighted by atomic mass is 16.2. The smallest absolute Gasteiger partial charge is 0.253 e. The van der Waals surface area contributed by atoms with Crippen molar-refractivity contribution in [2.24, 2.45) is 0 Å². The number of hydrogen-bond donors (Lipinski definition) is 1. The Morgan fingerprint density at radius 1 is 1.00 bits per heavy atom. The molecule has 0 unspecified atom stereocenters. The van der Waals surface area contributed by atoms with Crippen LogP contribution in [0, 0.1) is 6.92 Å². The highest BCUT2D eigenvalue weighted by Crippen LogP contribution is 2.15. The summed E-state index contributed by atoms with van der Waals surface area (Å²) in [5, 5.41) is 3.04. The van der Waals surface area contributed by atoms with Gasteiger partial charge in [0, 0.05) is 57.1 Å². The van der Waals surface area contributed by atoms with Crippen molar-refractivity contribution in [1.82, 2.24) is 15.1 Å². The fourth-order valence-corrected chi connectivity index (χ4v) is 3.76. The van der Waals surface area contributed by atoms with Crippen LogP contribution in [0.15, 0.2) is 54.6 Å². The average Bonchev–Trinajstić information content (AvgIpc) is 2.77. The van der Waals surface area contributed by atoms with Crippen molar-refractivity contribution in [2.45, 2.75) is 13.8 Å². The van der Waals surface area contributed by atoms with Crippen LogP contribution in [-0.2, 0) is 4.79 Å². The Morgan fingerprint density at radius 2 is 1.73 bits per heavy atom. The number of piperazine rings is 1. The van der Waals surface area contributed by atoms with Gasteiger partial charge in [-0.05, 0) is 43.7 Å². The van der Waals surface area contributed by atoms with Gasteiger partial charge < -0.3 is 15.1 Å². The lowest BCUT2D eigenvalue weighted by Crippen LogP contribution is -2.51. The Morgan fingerprint density at radius 3 is 2.40 bits per heavy atom. The minimum absolute atomic E-state index is 0.0399. The zero-order chi connectivity index (χ0) is 21.3. The Hall–Kier alpha value is -2.86. The van der Waals surface area contributed by atoms with Crippen LogP contribution < -0.4 is 10.2 Å². The maximum absolute atomic E-state index is 12.5. The Balaban J connectivity index is 1.38. The number of hydrogen-bond acceptors (Lipinski definition) is 4. The van der Waals surface area contributed by atoms with E-state index in [-0.39, 0.29) is 11.8 Å². The molecule has 2 amide bonds. The molecule has 1 aliphatic heterocycles. The summed E-state index contributed by atoms with van der Waals surface area (Å²) in [4.78, 5) is 31.1. The standard InChI is InChI=1S/C24H32N4O2/c1-3-27(22-11-7-8-20(2)18-22)13-12-25-23(29)19-26-14-16-28(17-15-26)24(30)21-9-5-4-6-10-21/h4-11,18H,3,12-17,19H2,1-2H3,(H,25,29). The molecule has 0 aromatic heterocycles. The van der Waals surface area contributed by atoms with E-state index < -0.39 is 0 Å². The zero-order valence-electron chi connectivity index (χ0n) is 18.0. The van der Waals surface area contributed by atoms with Gasteiger partial charge in [-0.25, -0.2) is 0 Å². The third-order valence-electron chi connectivity index (χ3n) is 5.50. The minimum atomic E-state index is 0.0399. The van der Waals surface area contributed by atoms with Gasteiger partial charge in [-0.2, -0.15) is 0 Å². The minimum Gasteiger partial charge on any atom is -0.370 e. The Labute approximate surface area is 179 Å². The molecule has 3 rings (SSSR count). The molecule has 1 saturated heterocycles. The van der Waals surface area contributed by atoms with Crippen LogP contribution in [0.25, 0.3) is 0 Å². The molecule has 6 nitrogen and oxygen atoms in total. The molecular weight excluding hydrogens is 376 g/mol. The molecule has 0 aliphatic carbocycles. The highest BCUT2D eigenvalue weighted by molar-refractivity contribution is 5.94. The molecule has 2 aromatic rings. The van der Waals surface area contributed by atoms with E-state index >= 15 is 0 Å². The molecule has 30 heavy (non-hydrogen) atoms. The predicted octanol–water partition coefficient (Wildman–Crippen LogP) is 2.40. The number of rotatable bonds is 8. The van der Waals surface area contributed by atoms with Gasteiger partial charge in [-0.3, -0.25) is 14.5 Å². The summed E-state index contributed by atoms with van der Waals surface area (Å²) >= 11 is 0. The molecule has 0 atom stereocenters. The van der Waals surface area contributed by atoms with E-state index in [0.717, 1.165) is 31.7 Å². The summed E-state index contributed by atoms with van der Waals surface area (Å²) in [7, 11) is 0. The molecule has 1 N–H and O–H groups in total. The fourth-order valence-electron chi connectivity index (χ4n) is 3.76. The Kier molecular flexibility index (Phi) is 7.85. The van der Waals surface area contributed by atoms with Crippen molar-refractivity contribution in [3.63, 3.8) is 0 Å². The molecule has 0 radical (unpaired) electrons. The summed E-state index contributed by atoms with van der Waals surface area (Å²) in [6.45, 7) is 9.63. The summed E-state index contributed by atoms with van der Waals surface area (Å²) in [6, 6.07) is 17.8. The molecule has 160 valence electrons. The molecule has 0 saturated carbocycles. The van der Waals surface area contributed by atoms with Crippen molar-refractivity contribution >= 4 is 17.5 Å². The largest absolute Gasteiger partial charge is 0.370 e. The van der Waals surface area contributed by atoms with Gasteiger partial charge in [-0.15, -0.1) is 0 Å². The van der Waals surface area contributed by atoms with Crippen molar-refractivity contribution in [3.05, 3.63) is 65.7 Å². The van der Waals surface area contributed by atoms with Crippen molar-refractivity contribution < 1.29 is 9.59 Å². The monoisotopic (exact) mass is 408 g/mol. The first-order valence-corrected chi connectivity index (χ1v) is 10.7. The molecule has 6 heteroatoms. The van der Waals surface area contributed by atoms with E-state index in [4.69, 9.17) is 0 Å². The first-order valence-electron chi connectivity index (χ1n) is 10.7. The summed E-state index contributed by atoms with van der Waals surface area (Å²) < 4.78 is 0. The number of amides is 2. The van der Waals surface area contributed by atoms with Crippen LogP contribution in [0.2, 0.25) is 0 Å². The first-order chi connectivity index (χ1) is 14.6. The molecular formula is C24H32N4O2. The van der Waals surface area contributed by atoms with Gasteiger partial charge in [0.15, 0.2) is 0 Å². The number of benzene rings is 2. The number of likely N-dealkylation sites (N-methyl/N-ethyl adjacent to an activating group) is 1. The summed E-state index contributed by atoms with van der Waals surface area (Å²) in [5.74, 6) is 0.105. The third kappa shape index (κ3) is 6.07. The van der Waals surface area contributed by atoms with Crippen LogP contribution in [0.5, 0.6) is 0 Å². The van der Waals surface area contributed by atoms with E-state index in [9.17, 15) is 9.59 Å². The lowest BCUT2D eigenvalue weighted by Gasteiger charge is -2.34. The zero-order valence-corrected chi connectivity index (χ0v) is 18.0. The first kappa shape index (κ1) is 21.8. The van der Waals surface area contributed by atoms with Crippen LogP contribution in [0.4, 0.5) is 5.69 Å². The van der Waals surface area contributed by atoms with Crippen LogP contribution >= 0.6 is 0 Å². The number of carbonyl (C=O) groups excluding carboxylic acids is 2. The van der Waals surface area contributed by atoms with Crippen LogP contribution in [0.1, 0.15) is 22.8 Å². The van der Waals surface area contributed by atoms with E-state index in [1.54, 1.807) is 0 Å². The van der Waals surface area contributed by atoms with Gasteiger partial charge in [0.2, 0.25) is 5.91 Å². The quantitative estimate of drug-likeness (QED) is 0.729. The van der Waals surface area contributed by atoms with Gasteiger partial charge in [0.05, 0.1) is 6.54 Å². The van der Waals surface area contributed by atoms with Crippen molar-refractivity contribution in [2.75, 3.05) is 57.3 Å². The second-order valence-corrected chi connectivity index (χ2v) is 7.70. The van der Waals surface area contributed by atoms with E-state index in [0.29, 0.717) is 26.2 Å². The fraction of sp³-hybridized carbons (Fsp3) is 0.417. The topological polar surface area (TPSA) is 55.9 Å². The lowest BCUT2D eigenvalue weighted by atomic mass is 10.2. The number of nitrogens with zero attached hydrogens (tertiary/aromatic N) is 3. The normalized spacial score (nSPS) is 14.4. The predicted molar refractivity (Wildman–Crippen MR) is 121 cm³/mol. The number of anilines is 1. The van der Waals surface area contributed by atoms with E-state index in [1.165, 1.54) is 11.3 Å². The molecule has 1 aliphatic rings. The maximum Gasteiger partial charge on any atom is 0.253 e. The van der Waals surface area contributed by atoms with E-state index in [2.05, 4.69) is 53.2 Å². The van der Waals surface area contributed by atoms with Gasteiger partial charge in [0.25, 0.3) is 5.91 Å². The van der Waals surface area contributed by atoms with Crippen LogP contribution in [0.3, 0.4) is 0 Å². The van der Waals surface area contributed by atoms with Gasteiger partial charge >= 0.3 is 0 Å². The third-order valence-corrected chi connectivity index (χ3v) is 5.50. The van der Waals surface area contributed by atoms with Gasteiger partial charge in [0.1, 0.15) is 0 Å².